The molecule has 0 aromatic heterocycles. The van der Waals surface area contributed by atoms with Gasteiger partial charge in [-0.25, -0.2) is 0 Å². The Morgan fingerprint density at radius 1 is 0.840 bits per heavy atom. The molecule has 0 bridgehead atoms. The minimum atomic E-state index is 0.461. The number of hydrogen-bond acceptors (Lipinski definition) is 3. The van der Waals surface area contributed by atoms with Crippen molar-refractivity contribution >= 4 is 17.3 Å². The molecule has 0 amide bonds. The van der Waals surface area contributed by atoms with E-state index in [4.69, 9.17) is 21.1 Å². The highest BCUT2D eigenvalue weighted by Crippen LogP contribution is 2.20. The van der Waals surface area contributed by atoms with E-state index in [0.717, 1.165) is 34.3 Å². The summed E-state index contributed by atoms with van der Waals surface area (Å²) in [5, 5.41) is 4.11. The normalized spacial score (nSPS) is 10.3. The van der Waals surface area contributed by atoms with Crippen LogP contribution in [0.2, 0.25) is 5.02 Å². The summed E-state index contributed by atoms with van der Waals surface area (Å²) < 4.78 is 11.0. The molecule has 3 rings (SSSR count). The molecule has 0 spiro atoms. The first-order valence-electron chi connectivity index (χ1n) is 8.07. The second-order valence-corrected chi connectivity index (χ2v) is 6.01. The third kappa shape index (κ3) is 4.91. The summed E-state index contributed by atoms with van der Waals surface area (Å²) >= 11 is 6.14. The highest BCUT2D eigenvalue weighted by Gasteiger charge is 2.01. The van der Waals surface area contributed by atoms with Crippen molar-refractivity contribution in [1.29, 1.82) is 0 Å². The minimum Gasteiger partial charge on any atom is -0.497 e. The maximum Gasteiger partial charge on any atom is 0.119 e. The number of anilines is 1. The Kier molecular flexibility index (Phi) is 5.81. The topological polar surface area (TPSA) is 30.5 Å². The average Bonchev–Trinajstić information content (AvgIpc) is 2.67. The Morgan fingerprint density at radius 3 is 2.20 bits per heavy atom. The average molecular weight is 354 g/mol. The largest absolute Gasteiger partial charge is 0.497 e. The summed E-state index contributed by atoms with van der Waals surface area (Å²) in [6.45, 7) is 1.21. The van der Waals surface area contributed by atoms with Gasteiger partial charge in [0, 0.05) is 22.8 Å². The van der Waals surface area contributed by atoms with Crippen molar-refractivity contribution in [1.82, 2.24) is 0 Å². The van der Waals surface area contributed by atoms with E-state index in [9.17, 15) is 0 Å². The number of nitrogens with one attached hydrogen (secondary N) is 1. The number of hydrogen-bond donors (Lipinski definition) is 1. The Hall–Kier alpha value is -2.65. The summed E-state index contributed by atoms with van der Waals surface area (Å²) in [6.07, 6.45) is 0. The van der Waals surface area contributed by atoms with E-state index < -0.39 is 0 Å². The van der Waals surface area contributed by atoms with Crippen molar-refractivity contribution in [2.75, 3.05) is 12.4 Å². The van der Waals surface area contributed by atoms with Crippen LogP contribution in [0.5, 0.6) is 11.5 Å². The van der Waals surface area contributed by atoms with E-state index in [1.165, 1.54) is 5.56 Å². The van der Waals surface area contributed by atoms with Crippen molar-refractivity contribution < 1.29 is 9.47 Å². The molecule has 0 radical (unpaired) electrons. The van der Waals surface area contributed by atoms with Gasteiger partial charge >= 0.3 is 0 Å². The van der Waals surface area contributed by atoms with Crippen LogP contribution in [0.3, 0.4) is 0 Å². The van der Waals surface area contributed by atoms with Gasteiger partial charge in [0.15, 0.2) is 0 Å². The summed E-state index contributed by atoms with van der Waals surface area (Å²) in [5.74, 6) is 1.68. The second-order valence-electron chi connectivity index (χ2n) is 5.61. The SMILES string of the molecule is COc1ccc(NCc2ccc(OCc3ccccc3Cl)cc2)cc1. The van der Waals surface area contributed by atoms with Gasteiger partial charge in [0.05, 0.1) is 7.11 Å². The number of halogens is 1. The molecule has 0 saturated heterocycles. The Labute approximate surface area is 153 Å². The van der Waals surface area contributed by atoms with Crippen LogP contribution in [0, 0.1) is 0 Å². The van der Waals surface area contributed by atoms with Crippen molar-refractivity contribution in [3.05, 3.63) is 88.9 Å². The molecule has 3 aromatic rings. The van der Waals surface area contributed by atoms with Gasteiger partial charge < -0.3 is 14.8 Å². The summed E-state index contributed by atoms with van der Waals surface area (Å²) in [5.41, 5.74) is 3.22. The van der Waals surface area contributed by atoms with Gasteiger partial charge in [0.2, 0.25) is 0 Å². The molecular formula is C21H20ClNO2. The second kappa shape index (κ2) is 8.45. The lowest BCUT2D eigenvalue weighted by Crippen LogP contribution is -2.00. The van der Waals surface area contributed by atoms with Crippen LogP contribution in [-0.2, 0) is 13.2 Å². The molecule has 0 aliphatic heterocycles. The fraction of sp³-hybridized carbons (Fsp3) is 0.143. The van der Waals surface area contributed by atoms with Gasteiger partial charge in [0.1, 0.15) is 18.1 Å². The van der Waals surface area contributed by atoms with E-state index in [1.807, 2.05) is 60.7 Å². The fourth-order valence-electron chi connectivity index (χ4n) is 2.39. The van der Waals surface area contributed by atoms with Gasteiger partial charge in [0.25, 0.3) is 0 Å². The molecule has 128 valence electrons. The van der Waals surface area contributed by atoms with Gasteiger partial charge in [-0.2, -0.15) is 0 Å². The van der Waals surface area contributed by atoms with Crippen LogP contribution in [0.1, 0.15) is 11.1 Å². The Bertz CT molecular complexity index is 801. The lowest BCUT2D eigenvalue weighted by molar-refractivity contribution is 0.306. The fourth-order valence-corrected chi connectivity index (χ4v) is 2.58. The predicted molar refractivity (Wildman–Crippen MR) is 103 cm³/mol. The van der Waals surface area contributed by atoms with E-state index in [1.54, 1.807) is 7.11 Å². The third-order valence-corrected chi connectivity index (χ3v) is 4.23. The zero-order valence-electron chi connectivity index (χ0n) is 14.0. The standard InChI is InChI=1S/C21H20ClNO2/c1-24-19-12-8-18(9-13-19)23-14-16-6-10-20(11-7-16)25-15-17-4-2-3-5-21(17)22/h2-13,23H,14-15H2,1H3. The highest BCUT2D eigenvalue weighted by atomic mass is 35.5. The first-order valence-corrected chi connectivity index (χ1v) is 8.45. The number of ether oxygens (including phenoxy) is 2. The van der Waals surface area contributed by atoms with Crippen molar-refractivity contribution in [2.24, 2.45) is 0 Å². The molecule has 0 heterocycles. The molecule has 3 aromatic carbocycles. The van der Waals surface area contributed by atoms with Gasteiger partial charge in [-0.05, 0) is 48.0 Å². The first-order chi connectivity index (χ1) is 12.2. The molecule has 0 saturated carbocycles. The number of benzene rings is 3. The quantitative estimate of drug-likeness (QED) is 0.605. The molecule has 3 nitrogen and oxygen atoms in total. The lowest BCUT2D eigenvalue weighted by atomic mass is 10.2. The smallest absolute Gasteiger partial charge is 0.119 e. The minimum absolute atomic E-state index is 0.461. The van der Waals surface area contributed by atoms with E-state index in [-0.39, 0.29) is 0 Å². The van der Waals surface area contributed by atoms with E-state index in [0.29, 0.717) is 6.61 Å². The number of rotatable bonds is 7. The van der Waals surface area contributed by atoms with Crippen molar-refractivity contribution in [3.63, 3.8) is 0 Å². The molecule has 0 fully saturated rings. The molecular weight excluding hydrogens is 334 g/mol. The third-order valence-electron chi connectivity index (χ3n) is 3.86. The van der Waals surface area contributed by atoms with Crippen LogP contribution in [0.15, 0.2) is 72.8 Å². The summed E-state index contributed by atoms with van der Waals surface area (Å²) in [6, 6.07) is 23.6. The zero-order chi connectivity index (χ0) is 17.5. The van der Waals surface area contributed by atoms with E-state index >= 15 is 0 Å². The Morgan fingerprint density at radius 2 is 1.52 bits per heavy atom. The molecule has 0 atom stereocenters. The van der Waals surface area contributed by atoms with Crippen molar-refractivity contribution in [2.45, 2.75) is 13.2 Å². The van der Waals surface area contributed by atoms with Gasteiger partial charge in [-0.3, -0.25) is 0 Å². The van der Waals surface area contributed by atoms with Crippen LogP contribution in [0.4, 0.5) is 5.69 Å². The van der Waals surface area contributed by atoms with Crippen molar-refractivity contribution in [3.8, 4) is 11.5 Å². The first kappa shape index (κ1) is 17.2. The summed E-state index contributed by atoms with van der Waals surface area (Å²) in [7, 11) is 1.66. The molecule has 0 aliphatic carbocycles. The molecule has 1 N–H and O–H groups in total. The van der Waals surface area contributed by atoms with Crippen LogP contribution in [-0.4, -0.2) is 7.11 Å². The predicted octanol–water partition coefficient (Wildman–Crippen LogP) is 5.54. The maximum atomic E-state index is 6.14. The maximum absolute atomic E-state index is 6.14. The zero-order valence-corrected chi connectivity index (χ0v) is 14.8. The Balaban J connectivity index is 1.52. The highest BCUT2D eigenvalue weighted by molar-refractivity contribution is 6.31. The summed E-state index contributed by atoms with van der Waals surface area (Å²) in [4.78, 5) is 0. The van der Waals surface area contributed by atoms with Gasteiger partial charge in [-0.15, -0.1) is 0 Å². The molecule has 25 heavy (non-hydrogen) atoms. The van der Waals surface area contributed by atoms with Crippen LogP contribution >= 0.6 is 11.6 Å². The van der Waals surface area contributed by atoms with Crippen LogP contribution < -0.4 is 14.8 Å². The molecule has 0 unspecified atom stereocenters. The molecule has 4 heteroatoms. The lowest BCUT2D eigenvalue weighted by Gasteiger charge is -2.10. The van der Waals surface area contributed by atoms with E-state index in [2.05, 4.69) is 17.4 Å². The van der Waals surface area contributed by atoms with Crippen LogP contribution in [0.25, 0.3) is 0 Å². The molecule has 0 aliphatic rings. The number of methoxy groups -OCH3 is 1. The van der Waals surface area contributed by atoms with Gasteiger partial charge in [-0.1, -0.05) is 41.9 Å². The monoisotopic (exact) mass is 353 g/mol.